The third-order valence-corrected chi connectivity index (χ3v) is 5.77. The Morgan fingerprint density at radius 1 is 1.03 bits per heavy atom. The third kappa shape index (κ3) is 4.88. The van der Waals surface area contributed by atoms with E-state index in [0.717, 1.165) is 28.8 Å². The Kier molecular flexibility index (Phi) is 7.11. The predicted molar refractivity (Wildman–Crippen MR) is 131 cm³/mol. The second kappa shape index (κ2) is 10.4. The van der Waals surface area contributed by atoms with E-state index in [1.54, 1.807) is 44.6 Å². The van der Waals surface area contributed by atoms with Crippen LogP contribution in [0.2, 0.25) is 0 Å². The minimum Gasteiger partial charge on any atom is -0.493 e. The summed E-state index contributed by atoms with van der Waals surface area (Å²) in [5.74, 6) is 1.46. The molecule has 0 bridgehead atoms. The monoisotopic (exact) mass is 461 g/mol. The van der Waals surface area contributed by atoms with Gasteiger partial charge in [-0.15, -0.1) is 0 Å². The highest BCUT2D eigenvalue weighted by atomic mass is 19.1. The smallest absolute Gasteiger partial charge is 0.247 e. The number of hydrogen-bond donors (Lipinski definition) is 1. The first-order valence-corrected chi connectivity index (χ1v) is 11.3. The maximum Gasteiger partial charge on any atom is 0.247 e. The molecule has 0 spiro atoms. The van der Waals surface area contributed by atoms with E-state index < -0.39 is 6.04 Å². The van der Waals surface area contributed by atoms with E-state index >= 15 is 0 Å². The van der Waals surface area contributed by atoms with Crippen LogP contribution in [0.1, 0.15) is 37.2 Å². The molecule has 1 atom stereocenters. The van der Waals surface area contributed by atoms with Crippen LogP contribution in [-0.2, 0) is 11.2 Å². The Morgan fingerprint density at radius 3 is 2.47 bits per heavy atom. The first kappa shape index (κ1) is 23.3. The molecule has 1 aromatic heterocycles. The molecule has 4 aromatic rings. The minimum atomic E-state index is -0.471. The van der Waals surface area contributed by atoms with Crippen molar-refractivity contribution in [1.29, 1.82) is 0 Å². The zero-order chi connectivity index (χ0) is 24.1. The van der Waals surface area contributed by atoms with Gasteiger partial charge in [-0.25, -0.2) is 9.37 Å². The molecule has 7 heteroatoms. The van der Waals surface area contributed by atoms with Gasteiger partial charge in [-0.3, -0.25) is 4.79 Å². The predicted octanol–water partition coefficient (Wildman–Crippen LogP) is 5.76. The number of benzene rings is 3. The van der Waals surface area contributed by atoms with E-state index in [9.17, 15) is 9.18 Å². The summed E-state index contributed by atoms with van der Waals surface area (Å²) in [5, 5.41) is 3.03. The topological polar surface area (TPSA) is 65.4 Å². The van der Waals surface area contributed by atoms with Gasteiger partial charge in [0, 0.05) is 18.2 Å². The molecule has 1 heterocycles. The molecule has 0 fully saturated rings. The number of halogens is 1. The number of nitrogens with zero attached hydrogens (tertiary/aromatic N) is 2. The number of fused-ring (bicyclic) bond motifs is 1. The van der Waals surface area contributed by atoms with Crippen molar-refractivity contribution in [3.05, 3.63) is 83.9 Å². The summed E-state index contributed by atoms with van der Waals surface area (Å²) in [5.41, 5.74) is 3.25. The Balaban J connectivity index is 1.71. The van der Waals surface area contributed by atoms with E-state index in [1.165, 1.54) is 12.1 Å². The number of nitrogens with one attached hydrogen (secondary N) is 1. The first-order valence-electron chi connectivity index (χ1n) is 11.3. The number of imidazole rings is 1. The summed E-state index contributed by atoms with van der Waals surface area (Å²) in [7, 11) is 3.13. The van der Waals surface area contributed by atoms with Gasteiger partial charge in [-0.05, 0) is 48.4 Å². The van der Waals surface area contributed by atoms with Crippen molar-refractivity contribution >= 4 is 22.6 Å². The molecule has 0 aliphatic rings. The first-order chi connectivity index (χ1) is 16.5. The minimum absolute atomic E-state index is 0.141. The average molecular weight is 462 g/mol. The summed E-state index contributed by atoms with van der Waals surface area (Å²) in [4.78, 5) is 18.4. The van der Waals surface area contributed by atoms with Crippen LogP contribution in [0.4, 0.5) is 10.1 Å². The summed E-state index contributed by atoms with van der Waals surface area (Å²) in [6, 6.07) is 19.0. The number of hydrogen-bond acceptors (Lipinski definition) is 4. The largest absolute Gasteiger partial charge is 0.493 e. The molecular weight excluding hydrogens is 433 g/mol. The van der Waals surface area contributed by atoms with Gasteiger partial charge < -0.3 is 19.4 Å². The molecule has 0 radical (unpaired) electrons. The lowest BCUT2D eigenvalue weighted by molar-refractivity contribution is -0.119. The molecule has 3 aromatic carbocycles. The Labute approximate surface area is 198 Å². The van der Waals surface area contributed by atoms with Gasteiger partial charge in [0.25, 0.3) is 0 Å². The van der Waals surface area contributed by atoms with Crippen molar-refractivity contribution in [2.45, 2.75) is 32.2 Å². The van der Waals surface area contributed by atoms with Gasteiger partial charge in [0.15, 0.2) is 11.5 Å². The summed E-state index contributed by atoms with van der Waals surface area (Å²) < 4.78 is 26.1. The number of methoxy groups -OCH3 is 2. The highest BCUT2D eigenvalue weighted by Crippen LogP contribution is 2.31. The van der Waals surface area contributed by atoms with E-state index in [1.807, 2.05) is 28.8 Å². The Hall–Kier alpha value is -3.87. The SMILES string of the molecule is CCC[C@@H](C(=O)Nc1ccc(OC)c(OC)c1)n1c(Cc2ccc(F)cc2)nc2ccccc21. The number of anilines is 1. The molecular formula is C27H28FN3O3. The van der Waals surface area contributed by atoms with E-state index in [4.69, 9.17) is 14.5 Å². The highest BCUT2D eigenvalue weighted by molar-refractivity contribution is 5.95. The zero-order valence-electron chi connectivity index (χ0n) is 19.5. The van der Waals surface area contributed by atoms with Crippen LogP contribution in [-0.4, -0.2) is 29.7 Å². The van der Waals surface area contributed by atoms with Crippen LogP contribution in [0.25, 0.3) is 11.0 Å². The lowest BCUT2D eigenvalue weighted by atomic mass is 10.1. The quantitative estimate of drug-likeness (QED) is 0.344. The standard InChI is InChI=1S/C27H28FN3O3/c1-4-7-23(27(32)29-20-14-15-24(33-2)25(17-20)34-3)31-22-9-6-5-8-21(22)30-26(31)16-18-10-12-19(28)13-11-18/h5-6,8-15,17,23H,4,7,16H2,1-3H3,(H,29,32)/t23-/m0/s1. The molecule has 0 unspecified atom stereocenters. The Bertz CT molecular complexity index is 1280. The van der Waals surface area contributed by atoms with Crippen molar-refractivity contribution in [2.75, 3.05) is 19.5 Å². The average Bonchev–Trinajstić information content (AvgIpc) is 3.21. The highest BCUT2D eigenvalue weighted by Gasteiger charge is 2.25. The van der Waals surface area contributed by atoms with Crippen LogP contribution < -0.4 is 14.8 Å². The van der Waals surface area contributed by atoms with Crippen LogP contribution in [0.5, 0.6) is 11.5 Å². The summed E-state index contributed by atoms with van der Waals surface area (Å²) in [6.45, 7) is 2.05. The molecule has 4 rings (SSSR count). The van der Waals surface area contributed by atoms with Gasteiger partial charge >= 0.3 is 0 Å². The van der Waals surface area contributed by atoms with Crippen molar-refractivity contribution < 1.29 is 18.7 Å². The van der Waals surface area contributed by atoms with Gasteiger partial charge in [-0.1, -0.05) is 37.6 Å². The number of amides is 1. The van der Waals surface area contributed by atoms with Crippen molar-refractivity contribution in [3.8, 4) is 11.5 Å². The molecule has 1 amide bonds. The van der Waals surface area contributed by atoms with Gasteiger partial charge in [0.05, 0.1) is 25.3 Å². The van der Waals surface area contributed by atoms with Crippen LogP contribution in [0, 0.1) is 5.82 Å². The Morgan fingerprint density at radius 2 is 1.76 bits per heavy atom. The van der Waals surface area contributed by atoms with Crippen LogP contribution in [0.3, 0.4) is 0 Å². The summed E-state index contributed by atoms with van der Waals surface area (Å²) >= 11 is 0. The molecule has 176 valence electrons. The van der Waals surface area contributed by atoms with E-state index in [-0.39, 0.29) is 11.7 Å². The molecule has 34 heavy (non-hydrogen) atoms. The number of rotatable bonds is 9. The van der Waals surface area contributed by atoms with Crippen molar-refractivity contribution in [3.63, 3.8) is 0 Å². The second-order valence-corrected chi connectivity index (χ2v) is 8.05. The van der Waals surface area contributed by atoms with E-state index in [0.29, 0.717) is 30.0 Å². The fourth-order valence-corrected chi connectivity index (χ4v) is 4.14. The molecule has 0 aliphatic heterocycles. The van der Waals surface area contributed by atoms with Crippen molar-refractivity contribution in [1.82, 2.24) is 9.55 Å². The molecule has 6 nitrogen and oxygen atoms in total. The van der Waals surface area contributed by atoms with E-state index in [2.05, 4.69) is 12.2 Å². The number of carbonyl (C=O) groups excluding carboxylic acids is 1. The zero-order valence-corrected chi connectivity index (χ0v) is 19.5. The van der Waals surface area contributed by atoms with Gasteiger partial charge in [0.1, 0.15) is 17.7 Å². The lowest BCUT2D eigenvalue weighted by Gasteiger charge is -2.21. The number of para-hydroxylation sites is 2. The third-order valence-electron chi connectivity index (χ3n) is 5.77. The molecule has 0 saturated heterocycles. The molecule has 0 aliphatic carbocycles. The van der Waals surface area contributed by atoms with Crippen molar-refractivity contribution in [2.24, 2.45) is 0 Å². The number of carbonyl (C=O) groups is 1. The van der Waals surface area contributed by atoms with Crippen LogP contribution in [0.15, 0.2) is 66.7 Å². The van der Waals surface area contributed by atoms with Crippen LogP contribution >= 0.6 is 0 Å². The number of aromatic nitrogens is 2. The van der Waals surface area contributed by atoms with Gasteiger partial charge in [-0.2, -0.15) is 0 Å². The number of ether oxygens (including phenoxy) is 2. The maximum atomic E-state index is 13.6. The fraction of sp³-hybridized carbons (Fsp3) is 0.259. The normalized spacial score (nSPS) is 11.9. The molecule has 0 saturated carbocycles. The second-order valence-electron chi connectivity index (χ2n) is 8.05. The fourth-order valence-electron chi connectivity index (χ4n) is 4.14. The lowest BCUT2D eigenvalue weighted by Crippen LogP contribution is -2.27. The maximum absolute atomic E-state index is 13.6. The summed E-state index contributed by atoms with van der Waals surface area (Å²) in [6.07, 6.45) is 1.93. The van der Waals surface area contributed by atoms with Gasteiger partial charge in [0.2, 0.25) is 5.91 Å². The molecule has 1 N–H and O–H groups in total.